The molecule has 0 unspecified atom stereocenters. The third kappa shape index (κ3) is 3.93. The maximum atomic E-state index is 12.0. The van der Waals surface area contributed by atoms with Gasteiger partial charge in [0.25, 0.3) is 0 Å². The summed E-state index contributed by atoms with van der Waals surface area (Å²) in [5.74, 6) is -0.0608. The molecular formula is C13H26N2O3. The SMILES string of the molecule is CCOC(=O)[C@H](CN)[C@@H](C(C)C)N1CCOCC1. The number of ether oxygens (including phenoxy) is 2. The Bertz CT molecular complexity index is 253. The predicted octanol–water partition coefficient (Wildman–Crippen LogP) is 0.481. The summed E-state index contributed by atoms with van der Waals surface area (Å²) in [5.41, 5.74) is 5.79. The number of hydrogen-bond donors (Lipinski definition) is 1. The second-order valence-electron chi connectivity index (χ2n) is 4.98. The summed E-state index contributed by atoms with van der Waals surface area (Å²) >= 11 is 0. The monoisotopic (exact) mass is 258 g/mol. The maximum Gasteiger partial charge on any atom is 0.311 e. The lowest BCUT2D eigenvalue weighted by atomic mass is 9.88. The third-order valence-corrected chi connectivity index (χ3v) is 3.41. The van der Waals surface area contributed by atoms with Crippen LogP contribution in [-0.4, -0.2) is 56.4 Å². The zero-order chi connectivity index (χ0) is 13.5. The highest BCUT2D eigenvalue weighted by Crippen LogP contribution is 2.21. The van der Waals surface area contributed by atoms with Crippen molar-refractivity contribution in [2.45, 2.75) is 26.8 Å². The number of nitrogens with two attached hydrogens (primary N) is 1. The van der Waals surface area contributed by atoms with Crippen LogP contribution in [0.2, 0.25) is 0 Å². The molecule has 0 aromatic carbocycles. The van der Waals surface area contributed by atoms with Crippen LogP contribution in [0.15, 0.2) is 0 Å². The van der Waals surface area contributed by atoms with Gasteiger partial charge in [-0.1, -0.05) is 13.8 Å². The van der Waals surface area contributed by atoms with E-state index < -0.39 is 0 Å². The summed E-state index contributed by atoms with van der Waals surface area (Å²) in [6, 6.07) is 0.137. The van der Waals surface area contributed by atoms with Gasteiger partial charge in [-0.05, 0) is 12.8 Å². The van der Waals surface area contributed by atoms with Gasteiger partial charge in [0, 0.05) is 25.7 Å². The summed E-state index contributed by atoms with van der Waals surface area (Å²) in [7, 11) is 0. The van der Waals surface area contributed by atoms with Gasteiger partial charge in [-0.15, -0.1) is 0 Å². The molecule has 0 amide bonds. The van der Waals surface area contributed by atoms with E-state index in [1.54, 1.807) is 0 Å². The van der Waals surface area contributed by atoms with Crippen molar-refractivity contribution in [1.82, 2.24) is 4.90 Å². The van der Waals surface area contributed by atoms with Crippen molar-refractivity contribution in [1.29, 1.82) is 0 Å². The van der Waals surface area contributed by atoms with Crippen molar-refractivity contribution >= 4 is 5.97 Å². The molecule has 2 atom stereocenters. The molecule has 1 rings (SSSR count). The van der Waals surface area contributed by atoms with E-state index in [0.29, 0.717) is 19.1 Å². The molecule has 18 heavy (non-hydrogen) atoms. The molecule has 5 nitrogen and oxygen atoms in total. The van der Waals surface area contributed by atoms with Crippen molar-refractivity contribution in [3.63, 3.8) is 0 Å². The van der Waals surface area contributed by atoms with Crippen LogP contribution in [0.4, 0.5) is 0 Å². The first-order chi connectivity index (χ1) is 8.61. The van der Waals surface area contributed by atoms with Crippen molar-refractivity contribution < 1.29 is 14.3 Å². The highest BCUT2D eigenvalue weighted by atomic mass is 16.5. The Hall–Kier alpha value is -0.650. The van der Waals surface area contributed by atoms with E-state index in [1.807, 2.05) is 6.92 Å². The molecule has 1 heterocycles. The quantitative estimate of drug-likeness (QED) is 0.702. The van der Waals surface area contributed by atoms with Gasteiger partial charge in [0.05, 0.1) is 25.7 Å². The van der Waals surface area contributed by atoms with E-state index in [1.165, 1.54) is 0 Å². The topological polar surface area (TPSA) is 64.8 Å². The van der Waals surface area contributed by atoms with E-state index in [-0.39, 0.29) is 17.9 Å². The molecule has 106 valence electrons. The minimum Gasteiger partial charge on any atom is -0.466 e. The molecule has 0 spiro atoms. The summed E-state index contributed by atoms with van der Waals surface area (Å²) in [4.78, 5) is 14.3. The number of hydrogen-bond acceptors (Lipinski definition) is 5. The first-order valence-electron chi connectivity index (χ1n) is 6.80. The highest BCUT2D eigenvalue weighted by Gasteiger charge is 2.35. The molecule has 5 heteroatoms. The van der Waals surface area contributed by atoms with Crippen LogP contribution >= 0.6 is 0 Å². The Kier molecular flexibility index (Phi) is 6.60. The first-order valence-corrected chi connectivity index (χ1v) is 6.80. The number of nitrogens with zero attached hydrogens (tertiary/aromatic N) is 1. The Morgan fingerprint density at radius 1 is 1.39 bits per heavy atom. The van der Waals surface area contributed by atoms with Crippen LogP contribution in [0.3, 0.4) is 0 Å². The van der Waals surface area contributed by atoms with Gasteiger partial charge in [0.2, 0.25) is 0 Å². The number of carbonyl (C=O) groups is 1. The third-order valence-electron chi connectivity index (χ3n) is 3.41. The highest BCUT2D eigenvalue weighted by molar-refractivity contribution is 5.73. The normalized spacial score (nSPS) is 20.7. The molecule has 1 fully saturated rings. The van der Waals surface area contributed by atoms with Crippen LogP contribution in [0, 0.1) is 11.8 Å². The summed E-state index contributed by atoms with van der Waals surface area (Å²) in [5, 5.41) is 0. The Labute approximate surface area is 110 Å². The first kappa shape index (κ1) is 15.4. The molecule has 1 aliphatic rings. The van der Waals surface area contributed by atoms with Gasteiger partial charge >= 0.3 is 5.97 Å². The second kappa shape index (κ2) is 7.71. The molecule has 1 saturated heterocycles. The van der Waals surface area contributed by atoms with Crippen LogP contribution in [0.1, 0.15) is 20.8 Å². The Morgan fingerprint density at radius 2 is 2.00 bits per heavy atom. The van der Waals surface area contributed by atoms with Crippen LogP contribution in [0.25, 0.3) is 0 Å². The van der Waals surface area contributed by atoms with Gasteiger partial charge in [0.15, 0.2) is 0 Å². The van der Waals surface area contributed by atoms with Gasteiger partial charge in [-0.3, -0.25) is 9.69 Å². The summed E-state index contributed by atoms with van der Waals surface area (Å²) < 4.78 is 10.5. The van der Waals surface area contributed by atoms with Crippen molar-refractivity contribution in [2.24, 2.45) is 17.6 Å². The maximum absolute atomic E-state index is 12.0. The van der Waals surface area contributed by atoms with E-state index in [4.69, 9.17) is 15.2 Å². The van der Waals surface area contributed by atoms with Crippen molar-refractivity contribution in [2.75, 3.05) is 39.5 Å². The standard InChI is InChI=1S/C13H26N2O3/c1-4-18-13(16)11(9-14)12(10(2)3)15-5-7-17-8-6-15/h10-12H,4-9,14H2,1-3H3/t11-,12-/m1/s1. The molecule has 0 saturated carbocycles. The number of esters is 1. The van der Waals surface area contributed by atoms with Gasteiger partial charge in [-0.25, -0.2) is 0 Å². The lowest BCUT2D eigenvalue weighted by Crippen LogP contribution is -2.53. The summed E-state index contributed by atoms with van der Waals surface area (Å²) in [6.45, 7) is 9.99. The number of morpholine rings is 1. The van der Waals surface area contributed by atoms with Gasteiger partial charge < -0.3 is 15.2 Å². The van der Waals surface area contributed by atoms with Crippen LogP contribution in [-0.2, 0) is 14.3 Å². The Morgan fingerprint density at radius 3 is 2.44 bits per heavy atom. The molecule has 0 aromatic heterocycles. The molecule has 2 N–H and O–H groups in total. The largest absolute Gasteiger partial charge is 0.466 e. The molecule has 0 aliphatic carbocycles. The lowest BCUT2D eigenvalue weighted by molar-refractivity contribution is -0.152. The fourth-order valence-electron chi connectivity index (χ4n) is 2.64. The molecule has 0 radical (unpaired) electrons. The van der Waals surface area contributed by atoms with Gasteiger partial charge in [-0.2, -0.15) is 0 Å². The molecule has 0 bridgehead atoms. The van der Waals surface area contributed by atoms with Crippen molar-refractivity contribution in [3.05, 3.63) is 0 Å². The number of rotatable bonds is 6. The van der Waals surface area contributed by atoms with E-state index in [0.717, 1.165) is 26.3 Å². The van der Waals surface area contributed by atoms with Crippen LogP contribution < -0.4 is 5.73 Å². The number of carbonyl (C=O) groups excluding carboxylic acids is 1. The van der Waals surface area contributed by atoms with E-state index in [9.17, 15) is 4.79 Å². The van der Waals surface area contributed by atoms with Crippen molar-refractivity contribution in [3.8, 4) is 0 Å². The van der Waals surface area contributed by atoms with E-state index in [2.05, 4.69) is 18.7 Å². The zero-order valence-corrected chi connectivity index (χ0v) is 11.7. The fourth-order valence-corrected chi connectivity index (χ4v) is 2.64. The van der Waals surface area contributed by atoms with Crippen LogP contribution in [0.5, 0.6) is 0 Å². The lowest BCUT2D eigenvalue weighted by Gasteiger charge is -2.40. The molecular weight excluding hydrogens is 232 g/mol. The zero-order valence-electron chi connectivity index (χ0n) is 11.7. The summed E-state index contributed by atoms with van der Waals surface area (Å²) in [6.07, 6.45) is 0. The predicted molar refractivity (Wildman–Crippen MR) is 70.2 cm³/mol. The minimum atomic E-state index is -0.247. The second-order valence-corrected chi connectivity index (χ2v) is 4.98. The average Bonchev–Trinajstić information content (AvgIpc) is 2.36. The smallest absolute Gasteiger partial charge is 0.311 e. The van der Waals surface area contributed by atoms with E-state index >= 15 is 0 Å². The Balaban J connectivity index is 2.76. The molecule has 0 aromatic rings. The fraction of sp³-hybridized carbons (Fsp3) is 0.923. The van der Waals surface area contributed by atoms with Gasteiger partial charge in [0.1, 0.15) is 0 Å². The average molecular weight is 258 g/mol. The molecule has 1 aliphatic heterocycles. The minimum absolute atomic E-state index is 0.137.